The maximum absolute atomic E-state index is 14.7. The Balaban J connectivity index is 1.70. The summed E-state index contributed by atoms with van der Waals surface area (Å²) < 4.78 is 29.2. The van der Waals surface area contributed by atoms with Crippen LogP contribution in [0, 0.1) is 11.6 Å². The number of benzene rings is 3. The Morgan fingerprint density at radius 1 is 0.917 bits per heavy atom. The van der Waals surface area contributed by atoms with Gasteiger partial charge in [-0.3, -0.25) is 9.59 Å². The van der Waals surface area contributed by atoms with Crippen LogP contribution in [-0.2, 0) is 29.0 Å². The number of nitrogens with zero attached hydrogens (tertiary/aromatic N) is 1. The van der Waals surface area contributed by atoms with Crippen LogP contribution >= 0.6 is 11.6 Å². The first-order valence-electron chi connectivity index (χ1n) is 12.2. The molecule has 1 N–H and O–H groups in total. The zero-order valence-corrected chi connectivity index (χ0v) is 20.7. The van der Waals surface area contributed by atoms with Gasteiger partial charge in [0, 0.05) is 35.2 Å². The lowest BCUT2D eigenvalue weighted by Crippen LogP contribution is -2.52. The van der Waals surface area contributed by atoms with Gasteiger partial charge in [0.05, 0.1) is 6.42 Å². The molecule has 188 valence electrons. The van der Waals surface area contributed by atoms with Crippen LogP contribution in [0.25, 0.3) is 0 Å². The van der Waals surface area contributed by atoms with Gasteiger partial charge in [-0.25, -0.2) is 8.78 Å². The molecule has 1 unspecified atom stereocenters. The highest BCUT2D eigenvalue weighted by Crippen LogP contribution is 2.24. The van der Waals surface area contributed by atoms with E-state index in [9.17, 15) is 18.4 Å². The smallest absolute Gasteiger partial charge is 0.243 e. The van der Waals surface area contributed by atoms with Gasteiger partial charge in [-0.2, -0.15) is 0 Å². The highest BCUT2D eigenvalue weighted by molar-refractivity contribution is 6.31. The van der Waals surface area contributed by atoms with Crippen molar-refractivity contribution in [2.24, 2.45) is 0 Å². The SMILES string of the molecule is O=C(NC1CCCC1)C(Cc1ccccc1)N(Cc1ccccc1F)C(=O)Cc1c(F)cccc1Cl. The molecule has 1 aliphatic rings. The Bertz CT molecular complexity index is 1180. The van der Waals surface area contributed by atoms with Crippen molar-refractivity contribution in [3.05, 3.63) is 106 Å². The molecule has 3 aromatic carbocycles. The summed E-state index contributed by atoms with van der Waals surface area (Å²) in [5, 5.41) is 3.22. The van der Waals surface area contributed by atoms with E-state index in [-0.39, 0.29) is 47.5 Å². The molecule has 4 nitrogen and oxygen atoms in total. The third kappa shape index (κ3) is 6.49. The standard InChI is InChI=1S/C29H29ClF2N2O2/c30-24-14-8-16-26(32)23(24)18-28(35)34(19-21-11-4-7-15-25(21)31)27(17-20-9-2-1-3-10-20)29(36)33-22-12-5-6-13-22/h1-4,7-11,14-16,22,27H,5-6,12-13,17-19H2,(H,33,36). The van der Waals surface area contributed by atoms with Crippen molar-refractivity contribution in [2.45, 2.75) is 57.2 Å². The predicted molar refractivity (Wildman–Crippen MR) is 136 cm³/mol. The van der Waals surface area contributed by atoms with Gasteiger partial charge in [0.15, 0.2) is 0 Å². The fraction of sp³-hybridized carbons (Fsp3) is 0.310. The molecule has 1 fully saturated rings. The van der Waals surface area contributed by atoms with E-state index in [1.165, 1.54) is 29.2 Å². The maximum Gasteiger partial charge on any atom is 0.243 e. The Morgan fingerprint density at radius 2 is 1.58 bits per heavy atom. The van der Waals surface area contributed by atoms with Crippen LogP contribution < -0.4 is 5.32 Å². The normalized spacial score (nSPS) is 14.4. The summed E-state index contributed by atoms with van der Waals surface area (Å²) in [5.41, 5.74) is 1.19. The van der Waals surface area contributed by atoms with Crippen LogP contribution in [0.4, 0.5) is 8.78 Å². The summed E-state index contributed by atoms with van der Waals surface area (Å²) in [6.07, 6.45) is 3.74. The third-order valence-electron chi connectivity index (χ3n) is 6.66. The first-order chi connectivity index (χ1) is 17.4. The lowest BCUT2D eigenvalue weighted by atomic mass is 10.0. The molecule has 0 spiro atoms. The summed E-state index contributed by atoms with van der Waals surface area (Å²) >= 11 is 6.20. The van der Waals surface area contributed by atoms with Crippen LogP contribution in [0.1, 0.15) is 42.4 Å². The molecule has 4 rings (SSSR count). The summed E-state index contributed by atoms with van der Waals surface area (Å²) in [6, 6.07) is 18.9. The minimum atomic E-state index is -0.911. The van der Waals surface area contributed by atoms with Crippen LogP contribution in [0.3, 0.4) is 0 Å². The molecule has 1 aliphatic carbocycles. The molecule has 0 aliphatic heterocycles. The summed E-state index contributed by atoms with van der Waals surface area (Å²) in [6.45, 7) is -0.132. The average molecular weight is 511 g/mol. The third-order valence-corrected chi connectivity index (χ3v) is 7.01. The van der Waals surface area contributed by atoms with Crippen molar-refractivity contribution < 1.29 is 18.4 Å². The molecular formula is C29H29ClF2N2O2. The summed E-state index contributed by atoms with van der Waals surface area (Å²) in [7, 11) is 0. The predicted octanol–water partition coefficient (Wildman–Crippen LogP) is 5.86. The highest BCUT2D eigenvalue weighted by Gasteiger charge is 2.33. The molecule has 1 atom stereocenters. The molecule has 3 aromatic rings. The summed E-state index contributed by atoms with van der Waals surface area (Å²) in [5.74, 6) is -1.88. The van der Waals surface area contributed by atoms with Crippen molar-refractivity contribution in [1.82, 2.24) is 10.2 Å². The number of nitrogens with one attached hydrogen (secondary N) is 1. The van der Waals surface area contributed by atoms with Gasteiger partial charge in [0.25, 0.3) is 0 Å². The molecule has 0 saturated heterocycles. The van der Waals surface area contributed by atoms with Crippen LogP contribution in [-0.4, -0.2) is 28.8 Å². The number of halogens is 3. The fourth-order valence-electron chi connectivity index (χ4n) is 4.69. The van der Waals surface area contributed by atoms with Gasteiger partial charge in [-0.05, 0) is 36.6 Å². The van der Waals surface area contributed by atoms with Gasteiger partial charge < -0.3 is 10.2 Å². The zero-order valence-electron chi connectivity index (χ0n) is 19.9. The first kappa shape index (κ1) is 25.8. The molecule has 2 amide bonds. The largest absolute Gasteiger partial charge is 0.352 e. The molecule has 7 heteroatoms. The van der Waals surface area contributed by atoms with E-state index in [0.717, 1.165) is 31.2 Å². The Kier molecular flexibility index (Phi) is 8.70. The average Bonchev–Trinajstić information content (AvgIpc) is 3.38. The van der Waals surface area contributed by atoms with E-state index in [4.69, 9.17) is 11.6 Å². The van der Waals surface area contributed by atoms with Gasteiger partial charge in [-0.1, -0.05) is 79.0 Å². The number of hydrogen-bond donors (Lipinski definition) is 1. The number of amides is 2. The molecule has 0 heterocycles. The lowest BCUT2D eigenvalue weighted by molar-refractivity contribution is -0.141. The summed E-state index contributed by atoms with van der Waals surface area (Å²) in [4.78, 5) is 28.7. The monoisotopic (exact) mass is 510 g/mol. The van der Waals surface area contributed by atoms with Crippen molar-refractivity contribution in [1.29, 1.82) is 0 Å². The Labute approximate surface area is 215 Å². The van der Waals surface area contributed by atoms with Gasteiger partial charge in [0.2, 0.25) is 11.8 Å². The molecule has 1 saturated carbocycles. The lowest BCUT2D eigenvalue weighted by Gasteiger charge is -2.32. The van der Waals surface area contributed by atoms with Gasteiger partial charge >= 0.3 is 0 Å². The molecule has 0 aromatic heterocycles. The van der Waals surface area contributed by atoms with Crippen LogP contribution in [0.15, 0.2) is 72.8 Å². The molecule has 36 heavy (non-hydrogen) atoms. The molecular weight excluding hydrogens is 482 g/mol. The second-order valence-electron chi connectivity index (χ2n) is 9.19. The zero-order chi connectivity index (χ0) is 25.5. The number of rotatable bonds is 9. The Morgan fingerprint density at radius 3 is 2.28 bits per heavy atom. The fourth-order valence-corrected chi connectivity index (χ4v) is 4.92. The number of carbonyl (C=O) groups excluding carboxylic acids is 2. The van der Waals surface area contributed by atoms with Crippen LogP contribution in [0.5, 0.6) is 0 Å². The van der Waals surface area contributed by atoms with E-state index in [1.54, 1.807) is 18.2 Å². The topological polar surface area (TPSA) is 49.4 Å². The second-order valence-corrected chi connectivity index (χ2v) is 9.59. The van der Waals surface area contributed by atoms with E-state index in [0.29, 0.717) is 0 Å². The Hall–Kier alpha value is -3.25. The first-order valence-corrected chi connectivity index (χ1v) is 12.6. The van der Waals surface area contributed by atoms with Crippen LogP contribution in [0.2, 0.25) is 5.02 Å². The van der Waals surface area contributed by atoms with E-state index in [1.807, 2.05) is 30.3 Å². The number of hydrogen-bond acceptors (Lipinski definition) is 2. The van der Waals surface area contributed by atoms with E-state index in [2.05, 4.69) is 5.32 Å². The quantitative estimate of drug-likeness (QED) is 0.392. The second kappa shape index (κ2) is 12.1. The van der Waals surface area contributed by atoms with Crippen molar-refractivity contribution in [2.75, 3.05) is 0 Å². The van der Waals surface area contributed by atoms with E-state index < -0.39 is 23.6 Å². The minimum Gasteiger partial charge on any atom is -0.352 e. The maximum atomic E-state index is 14.7. The number of carbonyl (C=O) groups is 2. The minimum absolute atomic E-state index is 0.0437. The molecule has 0 radical (unpaired) electrons. The van der Waals surface area contributed by atoms with Crippen molar-refractivity contribution in [3.63, 3.8) is 0 Å². The van der Waals surface area contributed by atoms with Gasteiger partial charge in [0.1, 0.15) is 17.7 Å². The van der Waals surface area contributed by atoms with Crippen molar-refractivity contribution >= 4 is 23.4 Å². The molecule has 0 bridgehead atoms. The van der Waals surface area contributed by atoms with Gasteiger partial charge in [-0.15, -0.1) is 0 Å². The van der Waals surface area contributed by atoms with E-state index >= 15 is 0 Å². The highest BCUT2D eigenvalue weighted by atomic mass is 35.5. The van der Waals surface area contributed by atoms with Crippen molar-refractivity contribution in [3.8, 4) is 0 Å².